The number of benzene rings is 2. The summed E-state index contributed by atoms with van der Waals surface area (Å²) in [5.74, 6) is 0.978. The van der Waals surface area contributed by atoms with Crippen molar-refractivity contribution in [2.24, 2.45) is 5.41 Å². The fourth-order valence-corrected chi connectivity index (χ4v) is 3.31. The van der Waals surface area contributed by atoms with Crippen LogP contribution in [0, 0.1) is 5.41 Å². The van der Waals surface area contributed by atoms with E-state index in [0.29, 0.717) is 0 Å². The first kappa shape index (κ1) is 12.8. The second-order valence-corrected chi connectivity index (χ2v) is 6.17. The van der Waals surface area contributed by atoms with Crippen LogP contribution in [0.15, 0.2) is 42.5 Å². The van der Waals surface area contributed by atoms with Crippen LogP contribution in [0.5, 0.6) is 5.75 Å². The summed E-state index contributed by atoms with van der Waals surface area (Å²) in [6, 6.07) is 14.6. The van der Waals surface area contributed by atoms with Crippen LogP contribution in [0.2, 0.25) is 0 Å². The number of halogens is 1. The summed E-state index contributed by atoms with van der Waals surface area (Å²) >= 11 is 6.36. The normalized spacial score (nSPS) is 30.1. The standard InChI is InChI=1S/C17H19ClO/c1-3-17(2)15(18)11-16(17)19-14-10-6-8-12-7-4-5-9-13(12)14/h4-10,15-16H,3,11H2,1-2H3. The van der Waals surface area contributed by atoms with Crippen molar-refractivity contribution in [3.63, 3.8) is 0 Å². The molecule has 3 atom stereocenters. The molecule has 2 aromatic carbocycles. The van der Waals surface area contributed by atoms with Gasteiger partial charge in [-0.1, -0.05) is 50.2 Å². The Morgan fingerprint density at radius 1 is 1.21 bits per heavy atom. The third-order valence-electron chi connectivity index (χ3n) is 4.65. The average Bonchev–Trinajstić information content (AvgIpc) is 2.46. The monoisotopic (exact) mass is 274 g/mol. The Bertz CT molecular complexity index is 589. The molecule has 0 radical (unpaired) electrons. The number of rotatable bonds is 3. The lowest BCUT2D eigenvalue weighted by Crippen LogP contribution is -2.55. The highest BCUT2D eigenvalue weighted by Crippen LogP contribution is 2.49. The van der Waals surface area contributed by atoms with Gasteiger partial charge in [0.25, 0.3) is 0 Å². The summed E-state index contributed by atoms with van der Waals surface area (Å²) in [5, 5.41) is 2.64. The first-order valence-electron chi connectivity index (χ1n) is 6.93. The Morgan fingerprint density at radius 3 is 2.68 bits per heavy atom. The van der Waals surface area contributed by atoms with Gasteiger partial charge in [0.1, 0.15) is 11.9 Å². The van der Waals surface area contributed by atoms with Gasteiger partial charge in [0, 0.05) is 22.6 Å². The van der Waals surface area contributed by atoms with Gasteiger partial charge in [0.05, 0.1) is 0 Å². The van der Waals surface area contributed by atoms with Gasteiger partial charge in [-0.15, -0.1) is 11.6 Å². The zero-order valence-corrected chi connectivity index (χ0v) is 12.2. The Balaban J connectivity index is 1.91. The topological polar surface area (TPSA) is 9.23 Å². The lowest BCUT2D eigenvalue weighted by Gasteiger charge is -2.50. The van der Waals surface area contributed by atoms with Gasteiger partial charge in [-0.2, -0.15) is 0 Å². The van der Waals surface area contributed by atoms with E-state index < -0.39 is 0 Å². The van der Waals surface area contributed by atoms with E-state index in [-0.39, 0.29) is 16.9 Å². The minimum absolute atomic E-state index is 0.0957. The lowest BCUT2D eigenvalue weighted by molar-refractivity contribution is -0.0285. The summed E-state index contributed by atoms with van der Waals surface area (Å²) in [6.07, 6.45) is 2.22. The minimum Gasteiger partial charge on any atom is -0.489 e. The van der Waals surface area contributed by atoms with Crippen molar-refractivity contribution in [1.29, 1.82) is 0 Å². The molecular formula is C17H19ClO. The number of hydrogen-bond acceptors (Lipinski definition) is 1. The largest absolute Gasteiger partial charge is 0.489 e. The molecule has 3 rings (SSSR count). The van der Waals surface area contributed by atoms with Gasteiger partial charge in [-0.05, 0) is 17.9 Å². The highest BCUT2D eigenvalue weighted by atomic mass is 35.5. The number of hydrogen-bond donors (Lipinski definition) is 0. The number of ether oxygens (including phenoxy) is 1. The molecule has 1 fully saturated rings. The molecule has 0 bridgehead atoms. The minimum atomic E-state index is 0.0957. The highest BCUT2D eigenvalue weighted by Gasteiger charge is 2.51. The fraction of sp³-hybridized carbons (Fsp3) is 0.412. The van der Waals surface area contributed by atoms with E-state index in [9.17, 15) is 0 Å². The zero-order valence-electron chi connectivity index (χ0n) is 11.4. The second kappa shape index (κ2) is 4.72. The van der Waals surface area contributed by atoms with E-state index in [4.69, 9.17) is 16.3 Å². The first-order valence-corrected chi connectivity index (χ1v) is 7.37. The highest BCUT2D eigenvalue weighted by molar-refractivity contribution is 6.21. The molecule has 1 aliphatic rings. The number of fused-ring (bicyclic) bond motifs is 1. The first-order chi connectivity index (χ1) is 9.15. The van der Waals surface area contributed by atoms with Crippen LogP contribution < -0.4 is 4.74 Å². The Morgan fingerprint density at radius 2 is 1.95 bits per heavy atom. The molecule has 3 unspecified atom stereocenters. The van der Waals surface area contributed by atoms with E-state index >= 15 is 0 Å². The molecule has 100 valence electrons. The maximum atomic E-state index is 6.36. The SMILES string of the molecule is CCC1(C)C(Cl)CC1Oc1cccc2ccccc12. The van der Waals surface area contributed by atoms with Gasteiger partial charge in [0.2, 0.25) is 0 Å². The van der Waals surface area contributed by atoms with Gasteiger partial charge in [-0.3, -0.25) is 0 Å². The maximum Gasteiger partial charge on any atom is 0.127 e. The van der Waals surface area contributed by atoms with Crippen LogP contribution in [0.3, 0.4) is 0 Å². The lowest BCUT2D eigenvalue weighted by atomic mass is 9.65. The third kappa shape index (κ3) is 2.01. The molecule has 0 aliphatic heterocycles. The van der Waals surface area contributed by atoms with E-state index in [1.165, 1.54) is 10.8 Å². The molecule has 0 spiro atoms. The van der Waals surface area contributed by atoms with E-state index in [1.807, 2.05) is 0 Å². The summed E-state index contributed by atoms with van der Waals surface area (Å²) in [6.45, 7) is 4.41. The van der Waals surface area contributed by atoms with E-state index in [2.05, 4.69) is 56.3 Å². The molecule has 1 saturated carbocycles. The van der Waals surface area contributed by atoms with Crippen molar-refractivity contribution < 1.29 is 4.74 Å². The van der Waals surface area contributed by atoms with Crippen LogP contribution in [0.1, 0.15) is 26.7 Å². The zero-order chi connectivity index (χ0) is 13.5. The molecule has 1 nitrogen and oxygen atoms in total. The van der Waals surface area contributed by atoms with Gasteiger partial charge in [-0.25, -0.2) is 0 Å². The second-order valence-electron chi connectivity index (χ2n) is 5.65. The van der Waals surface area contributed by atoms with E-state index in [1.54, 1.807) is 0 Å². The number of alkyl halides is 1. The molecule has 19 heavy (non-hydrogen) atoms. The van der Waals surface area contributed by atoms with Crippen molar-refractivity contribution in [2.45, 2.75) is 38.2 Å². The molecule has 2 aromatic rings. The van der Waals surface area contributed by atoms with Crippen LogP contribution in [-0.4, -0.2) is 11.5 Å². The Labute approximate surface area is 119 Å². The summed E-state index contributed by atoms with van der Waals surface area (Å²) in [4.78, 5) is 0. The fourth-order valence-electron chi connectivity index (χ4n) is 2.85. The van der Waals surface area contributed by atoms with Crippen LogP contribution in [-0.2, 0) is 0 Å². The predicted molar refractivity (Wildman–Crippen MR) is 81.0 cm³/mol. The van der Waals surface area contributed by atoms with E-state index in [0.717, 1.165) is 18.6 Å². The summed E-state index contributed by atoms with van der Waals surface area (Å²) in [7, 11) is 0. The van der Waals surface area contributed by atoms with Crippen molar-refractivity contribution in [2.75, 3.05) is 0 Å². The van der Waals surface area contributed by atoms with Gasteiger partial charge < -0.3 is 4.74 Å². The van der Waals surface area contributed by atoms with Crippen molar-refractivity contribution in [3.05, 3.63) is 42.5 Å². The molecule has 0 saturated heterocycles. The van der Waals surface area contributed by atoms with Gasteiger partial charge >= 0.3 is 0 Å². The molecule has 1 aliphatic carbocycles. The van der Waals surface area contributed by atoms with Crippen molar-refractivity contribution in [3.8, 4) is 5.75 Å². The average molecular weight is 275 g/mol. The molecule has 0 heterocycles. The Hall–Kier alpha value is -1.21. The van der Waals surface area contributed by atoms with Crippen molar-refractivity contribution >= 4 is 22.4 Å². The quantitative estimate of drug-likeness (QED) is 0.715. The molecule has 2 heteroatoms. The summed E-state index contributed by atoms with van der Waals surface area (Å²) in [5.41, 5.74) is 0.0957. The maximum absolute atomic E-state index is 6.36. The summed E-state index contributed by atoms with van der Waals surface area (Å²) < 4.78 is 6.26. The predicted octanol–water partition coefficient (Wildman–Crippen LogP) is 5.01. The molecular weight excluding hydrogens is 256 g/mol. The van der Waals surface area contributed by atoms with Crippen LogP contribution in [0.4, 0.5) is 0 Å². The molecule has 0 aromatic heterocycles. The molecule has 0 N–H and O–H groups in total. The van der Waals surface area contributed by atoms with Crippen LogP contribution >= 0.6 is 11.6 Å². The Kier molecular flexibility index (Phi) is 3.18. The van der Waals surface area contributed by atoms with Crippen molar-refractivity contribution in [1.82, 2.24) is 0 Å². The van der Waals surface area contributed by atoms with Gasteiger partial charge in [0.15, 0.2) is 0 Å². The molecule has 0 amide bonds. The van der Waals surface area contributed by atoms with Crippen LogP contribution in [0.25, 0.3) is 10.8 Å². The third-order valence-corrected chi connectivity index (χ3v) is 5.33. The smallest absolute Gasteiger partial charge is 0.127 e.